The van der Waals surface area contributed by atoms with Crippen LogP contribution in [0.3, 0.4) is 0 Å². The van der Waals surface area contributed by atoms with Crippen molar-refractivity contribution in [1.29, 1.82) is 0 Å². The van der Waals surface area contributed by atoms with Crippen LogP contribution in [0, 0.1) is 6.92 Å². The zero-order valence-corrected chi connectivity index (χ0v) is 15.8. The van der Waals surface area contributed by atoms with Crippen molar-refractivity contribution in [3.8, 4) is 5.75 Å². The summed E-state index contributed by atoms with van der Waals surface area (Å²) in [5, 5.41) is 1.35. The predicted molar refractivity (Wildman–Crippen MR) is 100 cm³/mol. The molecule has 3 aromatic carbocycles. The van der Waals surface area contributed by atoms with Crippen LogP contribution in [0.4, 0.5) is 0 Å². The predicted octanol–water partition coefficient (Wildman–Crippen LogP) is 3.07. The van der Waals surface area contributed by atoms with Crippen LogP contribution in [0.25, 0.3) is 10.8 Å². The third-order valence-corrected chi connectivity index (χ3v) is 5.69. The Morgan fingerprint density at radius 1 is 0.893 bits per heavy atom. The fourth-order valence-corrected chi connectivity index (χ4v) is 3.98. The minimum absolute atomic E-state index is 0.128. The van der Waals surface area contributed by atoms with Gasteiger partial charge in [-0.05, 0) is 42.6 Å². The number of carbonyl (C=O) groups is 2. The van der Waals surface area contributed by atoms with Gasteiger partial charge in [0.15, 0.2) is 0 Å². The molecule has 0 fully saturated rings. The van der Waals surface area contributed by atoms with Gasteiger partial charge in [-0.25, -0.2) is 0 Å². The Morgan fingerprint density at radius 2 is 1.57 bits per heavy atom. The average Bonchev–Trinajstić information content (AvgIpc) is 2.69. The minimum Gasteiger partial charge on any atom is -0.497 e. The topological polar surface area (TPSA) is 90.0 Å². The highest BCUT2D eigenvalue weighted by atomic mass is 32.2. The monoisotopic (exact) mass is 397 g/mol. The number of nitrogens with zero attached hydrogens (tertiary/aromatic N) is 1. The lowest BCUT2D eigenvalue weighted by atomic mass is 9.95. The molecule has 0 unspecified atom stereocenters. The molecular weight excluding hydrogens is 382 g/mol. The van der Waals surface area contributed by atoms with E-state index in [-0.39, 0.29) is 21.1 Å². The molecule has 4 rings (SSSR count). The van der Waals surface area contributed by atoms with Gasteiger partial charge in [-0.15, -0.1) is 9.35 Å². The van der Waals surface area contributed by atoms with Gasteiger partial charge in [-0.2, -0.15) is 8.42 Å². The first-order valence-corrected chi connectivity index (χ1v) is 9.73. The molecule has 1 aliphatic rings. The second kappa shape index (κ2) is 6.43. The van der Waals surface area contributed by atoms with Crippen LogP contribution in [0.15, 0.2) is 59.5 Å². The van der Waals surface area contributed by atoms with Crippen molar-refractivity contribution in [3.63, 3.8) is 0 Å². The number of imide groups is 1. The molecule has 1 aliphatic heterocycles. The molecule has 2 amide bonds. The van der Waals surface area contributed by atoms with Crippen molar-refractivity contribution >= 4 is 32.7 Å². The van der Waals surface area contributed by atoms with E-state index in [1.165, 1.54) is 31.4 Å². The smallest absolute Gasteiger partial charge is 0.318 e. The number of hydrogen-bond acceptors (Lipinski definition) is 6. The number of ether oxygens (including phenoxy) is 1. The number of carbonyl (C=O) groups excluding carboxylic acids is 2. The highest BCUT2D eigenvalue weighted by Crippen LogP contribution is 2.34. The van der Waals surface area contributed by atoms with E-state index in [4.69, 9.17) is 9.02 Å². The van der Waals surface area contributed by atoms with E-state index in [1.807, 2.05) is 0 Å². The molecule has 7 nitrogen and oxygen atoms in total. The van der Waals surface area contributed by atoms with E-state index in [1.54, 1.807) is 37.3 Å². The Kier molecular flexibility index (Phi) is 4.17. The standard InChI is InChI=1S/C20H15NO6S/c1-12-6-8-15(9-7-12)28(24,25)27-21-19(22)16-5-3-4-13-10-14(26-2)11-17(18(13)16)20(21)23/h3-11H,1-2H3. The Balaban J connectivity index is 1.81. The van der Waals surface area contributed by atoms with Crippen molar-refractivity contribution in [3.05, 3.63) is 71.3 Å². The molecule has 0 saturated carbocycles. The molecule has 1 heterocycles. The molecule has 0 aliphatic carbocycles. The van der Waals surface area contributed by atoms with Gasteiger partial charge in [0.25, 0.3) is 11.8 Å². The summed E-state index contributed by atoms with van der Waals surface area (Å²) >= 11 is 0. The number of hydrogen-bond donors (Lipinski definition) is 0. The molecule has 0 saturated heterocycles. The maximum Gasteiger partial charge on any atom is 0.318 e. The highest BCUT2D eigenvalue weighted by Gasteiger charge is 2.38. The first kappa shape index (κ1) is 18.1. The van der Waals surface area contributed by atoms with Gasteiger partial charge in [-0.3, -0.25) is 9.59 Å². The van der Waals surface area contributed by atoms with Crippen molar-refractivity contribution in [2.24, 2.45) is 0 Å². The van der Waals surface area contributed by atoms with Gasteiger partial charge in [0.2, 0.25) is 0 Å². The van der Waals surface area contributed by atoms with E-state index in [9.17, 15) is 18.0 Å². The van der Waals surface area contributed by atoms with Crippen molar-refractivity contribution in [1.82, 2.24) is 5.06 Å². The second-order valence-electron chi connectivity index (χ2n) is 6.33. The van der Waals surface area contributed by atoms with E-state index in [0.29, 0.717) is 16.5 Å². The lowest BCUT2D eigenvalue weighted by Gasteiger charge is -2.25. The van der Waals surface area contributed by atoms with Crippen LogP contribution in [-0.2, 0) is 14.4 Å². The number of amides is 2. The van der Waals surface area contributed by atoms with E-state index < -0.39 is 21.9 Å². The van der Waals surface area contributed by atoms with Crippen LogP contribution in [-0.4, -0.2) is 32.4 Å². The van der Waals surface area contributed by atoms with Gasteiger partial charge < -0.3 is 4.74 Å². The molecule has 0 radical (unpaired) electrons. The summed E-state index contributed by atoms with van der Waals surface area (Å²) in [6.07, 6.45) is 0. The van der Waals surface area contributed by atoms with Crippen molar-refractivity contribution in [2.75, 3.05) is 7.11 Å². The van der Waals surface area contributed by atoms with Gasteiger partial charge >= 0.3 is 10.1 Å². The Labute approximate surface area is 161 Å². The van der Waals surface area contributed by atoms with Gasteiger partial charge in [0.1, 0.15) is 5.75 Å². The molecule has 3 aromatic rings. The number of rotatable bonds is 4. The van der Waals surface area contributed by atoms with Crippen LogP contribution < -0.4 is 4.74 Å². The van der Waals surface area contributed by atoms with Gasteiger partial charge in [0.05, 0.1) is 23.1 Å². The summed E-state index contributed by atoms with van der Waals surface area (Å²) in [6.45, 7) is 1.81. The molecule has 0 N–H and O–H groups in total. The third-order valence-electron chi connectivity index (χ3n) is 4.50. The normalized spacial score (nSPS) is 13.9. The van der Waals surface area contributed by atoms with E-state index >= 15 is 0 Å². The fraction of sp³-hybridized carbons (Fsp3) is 0.100. The van der Waals surface area contributed by atoms with Gasteiger partial charge in [0, 0.05) is 5.39 Å². The SMILES string of the molecule is COc1cc2c3c(cccc3c1)C(=O)N(OS(=O)(=O)c1ccc(C)cc1)C2=O. The Hall–Kier alpha value is -3.23. The largest absolute Gasteiger partial charge is 0.497 e. The number of hydroxylamine groups is 2. The summed E-state index contributed by atoms with van der Waals surface area (Å²) < 4.78 is 35.3. The Morgan fingerprint density at radius 3 is 2.25 bits per heavy atom. The van der Waals surface area contributed by atoms with Gasteiger partial charge in [-0.1, -0.05) is 29.8 Å². The van der Waals surface area contributed by atoms with Crippen LogP contribution in [0.2, 0.25) is 0 Å². The fourth-order valence-electron chi connectivity index (χ4n) is 3.09. The summed E-state index contributed by atoms with van der Waals surface area (Å²) in [7, 11) is -2.93. The second-order valence-corrected chi connectivity index (χ2v) is 7.85. The molecule has 142 valence electrons. The molecule has 0 aromatic heterocycles. The number of benzene rings is 3. The number of aryl methyl sites for hydroxylation is 1. The highest BCUT2D eigenvalue weighted by molar-refractivity contribution is 7.86. The zero-order chi connectivity index (χ0) is 20.1. The summed E-state index contributed by atoms with van der Waals surface area (Å²) in [6, 6.07) is 13.9. The summed E-state index contributed by atoms with van der Waals surface area (Å²) in [5.41, 5.74) is 1.16. The Bertz CT molecular complexity index is 1230. The molecule has 8 heteroatoms. The quantitative estimate of drug-likeness (QED) is 0.629. The molecule has 28 heavy (non-hydrogen) atoms. The van der Waals surface area contributed by atoms with Crippen LogP contribution in [0.1, 0.15) is 26.3 Å². The van der Waals surface area contributed by atoms with Crippen molar-refractivity contribution in [2.45, 2.75) is 11.8 Å². The van der Waals surface area contributed by atoms with E-state index in [2.05, 4.69) is 0 Å². The molecule has 0 bridgehead atoms. The maximum absolute atomic E-state index is 12.9. The molecular formula is C20H15NO6S. The lowest BCUT2D eigenvalue weighted by Crippen LogP contribution is -2.41. The third kappa shape index (κ3) is 2.83. The van der Waals surface area contributed by atoms with Crippen molar-refractivity contribution < 1.29 is 27.0 Å². The first-order chi connectivity index (χ1) is 13.3. The zero-order valence-electron chi connectivity index (χ0n) is 15.0. The lowest BCUT2D eigenvalue weighted by molar-refractivity contribution is -0.0155. The average molecular weight is 397 g/mol. The first-order valence-electron chi connectivity index (χ1n) is 8.32. The summed E-state index contributed by atoms with van der Waals surface area (Å²) in [5.74, 6) is -1.31. The molecule has 0 atom stereocenters. The van der Waals surface area contributed by atoms with E-state index in [0.717, 1.165) is 5.56 Å². The minimum atomic E-state index is -4.38. The maximum atomic E-state index is 12.9. The summed E-state index contributed by atoms with van der Waals surface area (Å²) in [4.78, 5) is 25.6. The number of methoxy groups -OCH3 is 1. The van der Waals surface area contributed by atoms with Crippen LogP contribution in [0.5, 0.6) is 5.75 Å². The molecule has 0 spiro atoms. The van der Waals surface area contributed by atoms with Crippen LogP contribution >= 0.6 is 0 Å².